The smallest absolute Gasteiger partial charge is 0.304 e. The zero-order valence-corrected chi connectivity index (χ0v) is 13.8. The van der Waals surface area contributed by atoms with E-state index in [0.717, 1.165) is 13.1 Å². The van der Waals surface area contributed by atoms with Crippen LogP contribution in [0.4, 0.5) is 0 Å². The van der Waals surface area contributed by atoms with Gasteiger partial charge in [0.1, 0.15) is 8.24 Å². The van der Waals surface area contributed by atoms with Crippen LogP contribution in [-0.2, 0) is 4.79 Å². The first kappa shape index (κ1) is 15.9. The fraction of sp³-hybridized carbons (Fsp3) is 0.909. The van der Waals surface area contributed by atoms with E-state index < -0.39 is 22.3 Å². The van der Waals surface area contributed by atoms with Crippen LogP contribution >= 0.6 is 0 Å². The van der Waals surface area contributed by atoms with Crippen LogP contribution < -0.4 is 0 Å². The quantitative estimate of drug-likeness (QED) is 0.747. The fourth-order valence-electron chi connectivity index (χ4n) is 1.82. The van der Waals surface area contributed by atoms with Gasteiger partial charge in [0.25, 0.3) is 0 Å². The second-order valence-electron chi connectivity index (χ2n) is 6.47. The number of carbonyl (C=O) groups is 1. The SMILES string of the molecule is CCN(CC(C(=O)O)[Si](C)(C)C)[Si](C)(C)C. The number of nitrogens with zero attached hydrogens (tertiary/aromatic N) is 1. The summed E-state index contributed by atoms with van der Waals surface area (Å²) >= 11 is 0. The molecule has 0 aliphatic heterocycles. The van der Waals surface area contributed by atoms with E-state index in [-0.39, 0.29) is 5.54 Å². The molecule has 0 heterocycles. The van der Waals surface area contributed by atoms with Crippen LogP contribution in [0, 0.1) is 0 Å². The van der Waals surface area contributed by atoms with E-state index >= 15 is 0 Å². The summed E-state index contributed by atoms with van der Waals surface area (Å²) in [5.74, 6) is -0.615. The van der Waals surface area contributed by atoms with E-state index in [1.54, 1.807) is 0 Å². The highest BCUT2D eigenvalue weighted by molar-refractivity contribution is 6.80. The van der Waals surface area contributed by atoms with Crippen molar-refractivity contribution in [1.29, 1.82) is 0 Å². The van der Waals surface area contributed by atoms with Gasteiger partial charge in [-0.15, -0.1) is 0 Å². The van der Waals surface area contributed by atoms with Crippen LogP contribution in [0.15, 0.2) is 0 Å². The molecule has 0 aliphatic carbocycles. The van der Waals surface area contributed by atoms with Gasteiger partial charge in [0.15, 0.2) is 0 Å². The van der Waals surface area contributed by atoms with Crippen molar-refractivity contribution in [3.05, 3.63) is 0 Å². The molecular formula is C11H27NO2Si2. The highest BCUT2D eigenvalue weighted by Crippen LogP contribution is 2.25. The zero-order chi connectivity index (χ0) is 13.1. The predicted octanol–water partition coefficient (Wildman–Crippen LogP) is 2.94. The van der Waals surface area contributed by atoms with Crippen LogP contribution in [0.1, 0.15) is 6.92 Å². The molecule has 0 amide bonds. The third-order valence-corrected chi connectivity index (χ3v) is 7.99. The minimum Gasteiger partial charge on any atom is -0.481 e. The number of hydrogen-bond donors (Lipinski definition) is 1. The second-order valence-corrected chi connectivity index (χ2v) is 16.9. The Kier molecular flexibility index (Phi) is 5.42. The molecule has 0 fully saturated rings. The topological polar surface area (TPSA) is 40.5 Å². The number of hydrogen-bond acceptors (Lipinski definition) is 2. The van der Waals surface area contributed by atoms with Gasteiger partial charge in [0, 0.05) is 6.54 Å². The fourth-order valence-corrected chi connectivity index (χ4v) is 5.19. The molecule has 0 aromatic rings. The van der Waals surface area contributed by atoms with Gasteiger partial charge in [-0.3, -0.25) is 4.79 Å². The van der Waals surface area contributed by atoms with Crippen LogP contribution in [0.3, 0.4) is 0 Å². The molecule has 0 spiro atoms. The molecule has 0 saturated heterocycles. The van der Waals surface area contributed by atoms with Crippen LogP contribution in [-0.4, -0.2) is 45.0 Å². The van der Waals surface area contributed by atoms with E-state index in [2.05, 4.69) is 50.8 Å². The molecule has 0 aliphatic rings. The van der Waals surface area contributed by atoms with Crippen molar-refractivity contribution in [3.8, 4) is 0 Å². The molecule has 0 radical (unpaired) electrons. The predicted molar refractivity (Wildman–Crippen MR) is 75.3 cm³/mol. The van der Waals surface area contributed by atoms with Crippen molar-refractivity contribution in [2.45, 2.75) is 51.7 Å². The van der Waals surface area contributed by atoms with Crippen LogP contribution in [0.5, 0.6) is 0 Å². The minimum atomic E-state index is -1.63. The lowest BCUT2D eigenvalue weighted by atomic mass is 10.4. The molecule has 3 nitrogen and oxygen atoms in total. The average molecular weight is 262 g/mol. The molecule has 0 rings (SSSR count). The van der Waals surface area contributed by atoms with Crippen LogP contribution in [0.2, 0.25) is 44.8 Å². The Morgan fingerprint density at radius 1 is 1.19 bits per heavy atom. The summed E-state index contributed by atoms with van der Waals surface area (Å²) in [5.41, 5.74) is -0.154. The number of carboxylic acid groups (broad SMARTS) is 1. The van der Waals surface area contributed by atoms with Crippen molar-refractivity contribution in [1.82, 2.24) is 4.57 Å². The molecule has 5 heteroatoms. The van der Waals surface area contributed by atoms with Crippen molar-refractivity contribution in [3.63, 3.8) is 0 Å². The van der Waals surface area contributed by atoms with Gasteiger partial charge in [0.05, 0.1) is 13.6 Å². The standard InChI is InChI=1S/C11H27NO2Si2/c1-8-12(16(5,6)7)9-10(11(13)14)15(2,3)4/h10H,8-9H2,1-7H3,(H,13,14). The summed E-state index contributed by atoms with van der Waals surface area (Å²) < 4.78 is 2.39. The molecule has 1 atom stereocenters. The maximum absolute atomic E-state index is 11.3. The molecule has 0 aromatic carbocycles. The van der Waals surface area contributed by atoms with Gasteiger partial charge < -0.3 is 9.67 Å². The highest BCUT2D eigenvalue weighted by atomic mass is 28.3. The Morgan fingerprint density at radius 3 is 1.81 bits per heavy atom. The summed E-state index contributed by atoms with van der Waals surface area (Å²) in [6.07, 6.45) is 0. The summed E-state index contributed by atoms with van der Waals surface area (Å²) in [7, 11) is -3.01. The van der Waals surface area contributed by atoms with E-state index in [1.807, 2.05) is 0 Å². The van der Waals surface area contributed by atoms with Gasteiger partial charge >= 0.3 is 5.97 Å². The Bertz CT molecular complexity index is 243. The van der Waals surface area contributed by atoms with Gasteiger partial charge in [-0.05, 0) is 6.54 Å². The largest absolute Gasteiger partial charge is 0.481 e. The Hall–Kier alpha value is -0.136. The molecule has 1 N–H and O–H groups in total. The molecule has 0 bridgehead atoms. The van der Waals surface area contributed by atoms with Gasteiger partial charge in [-0.1, -0.05) is 46.2 Å². The highest BCUT2D eigenvalue weighted by Gasteiger charge is 2.36. The lowest BCUT2D eigenvalue weighted by Crippen LogP contribution is -2.51. The first-order valence-electron chi connectivity index (χ1n) is 5.98. The molecule has 0 saturated carbocycles. The first-order valence-corrected chi connectivity index (χ1v) is 13.0. The van der Waals surface area contributed by atoms with Gasteiger partial charge in [-0.25, -0.2) is 0 Å². The lowest BCUT2D eigenvalue weighted by Gasteiger charge is -2.38. The molecule has 1 unspecified atom stereocenters. The Labute approximate surface area is 102 Å². The molecular weight excluding hydrogens is 234 g/mol. The Balaban J connectivity index is 4.82. The van der Waals surface area contributed by atoms with Crippen molar-refractivity contribution >= 4 is 22.3 Å². The van der Waals surface area contributed by atoms with Gasteiger partial charge in [0.2, 0.25) is 0 Å². The van der Waals surface area contributed by atoms with Gasteiger partial charge in [-0.2, -0.15) is 0 Å². The summed E-state index contributed by atoms with van der Waals surface area (Å²) in [5, 5.41) is 9.34. The second kappa shape index (κ2) is 5.47. The normalized spacial score (nSPS) is 15.2. The third-order valence-electron chi connectivity index (χ3n) is 3.08. The first-order chi connectivity index (χ1) is 7.00. The monoisotopic (exact) mass is 261 g/mol. The van der Waals surface area contributed by atoms with E-state index in [0.29, 0.717) is 0 Å². The maximum atomic E-state index is 11.3. The zero-order valence-electron chi connectivity index (χ0n) is 11.8. The van der Waals surface area contributed by atoms with Crippen molar-refractivity contribution < 1.29 is 9.90 Å². The summed E-state index contributed by atoms with van der Waals surface area (Å²) in [6.45, 7) is 17.1. The average Bonchev–Trinajstić information content (AvgIpc) is 1.99. The lowest BCUT2D eigenvalue weighted by molar-refractivity contribution is -0.137. The molecule has 96 valence electrons. The van der Waals surface area contributed by atoms with Crippen LogP contribution in [0.25, 0.3) is 0 Å². The Morgan fingerprint density at radius 2 is 1.62 bits per heavy atom. The summed E-state index contributed by atoms with van der Waals surface area (Å²) in [4.78, 5) is 11.3. The third kappa shape index (κ3) is 4.80. The van der Waals surface area contributed by atoms with E-state index in [9.17, 15) is 9.90 Å². The minimum absolute atomic E-state index is 0.154. The van der Waals surface area contributed by atoms with Crippen molar-refractivity contribution in [2.24, 2.45) is 0 Å². The number of carboxylic acids is 1. The number of rotatable bonds is 6. The maximum Gasteiger partial charge on any atom is 0.304 e. The summed E-state index contributed by atoms with van der Waals surface area (Å²) in [6, 6.07) is 0. The van der Waals surface area contributed by atoms with E-state index in [1.165, 1.54) is 0 Å². The number of aliphatic carboxylic acids is 1. The van der Waals surface area contributed by atoms with Crippen molar-refractivity contribution in [2.75, 3.05) is 13.1 Å². The molecule has 16 heavy (non-hydrogen) atoms. The molecule has 0 aromatic heterocycles. The van der Waals surface area contributed by atoms with E-state index in [4.69, 9.17) is 0 Å².